The number of aromatic amines is 1. The predicted molar refractivity (Wildman–Crippen MR) is 80.9 cm³/mol. The van der Waals surface area contributed by atoms with E-state index in [-0.39, 0.29) is 0 Å². The summed E-state index contributed by atoms with van der Waals surface area (Å²) in [5, 5.41) is 5.78. The first kappa shape index (κ1) is 13.3. The Morgan fingerprint density at radius 2 is 1.95 bits per heavy atom. The van der Waals surface area contributed by atoms with Crippen LogP contribution in [0, 0.1) is 0 Å². The average molecular weight is 304 g/mol. The number of halogens is 1. The van der Waals surface area contributed by atoms with Gasteiger partial charge in [-0.3, -0.25) is 4.98 Å². The minimum absolute atomic E-state index is 0.295. The molecule has 0 unspecified atom stereocenters. The molecule has 7 heteroatoms. The molecule has 0 aliphatic carbocycles. The maximum atomic E-state index is 11.9. The molecule has 0 aliphatic rings. The largest absolute Gasteiger partial charge is 0.417 e. The van der Waals surface area contributed by atoms with E-state index in [0.29, 0.717) is 27.5 Å². The zero-order valence-corrected chi connectivity index (χ0v) is 11.4. The van der Waals surface area contributed by atoms with Crippen LogP contribution in [0.15, 0.2) is 51.7 Å². The molecule has 106 valence electrons. The van der Waals surface area contributed by atoms with E-state index in [1.54, 1.807) is 42.5 Å². The fourth-order valence-electron chi connectivity index (χ4n) is 1.92. The first-order valence-corrected chi connectivity index (χ1v) is 6.45. The van der Waals surface area contributed by atoms with E-state index in [1.165, 1.54) is 0 Å². The van der Waals surface area contributed by atoms with Crippen LogP contribution in [0.4, 0.5) is 16.2 Å². The van der Waals surface area contributed by atoms with E-state index in [2.05, 4.69) is 15.6 Å². The summed E-state index contributed by atoms with van der Waals surface area (Å²) in [6, 6.07) is 11.3. The molecule has 1 heterocycles. The maximum absolute atomic E-state index is 11.9. The summed E-state index contributed by atoms with van der Waals surface area (Å²) in [6.45, 7) is 0. The molecule has 0 bridgehead atoms. The van der Waals surface area contributed by atoms with E-state index in [0.717, 1.165) is 0 Å². The molecule has 0 radical (unpaired) electrons. The van der Waals surface area contributed by atoms with Gasteiger partial charge >= 0.3 is 11.8 Å². The highest BCUT2D eigenvalue weighted by molar-refractivity contribution is 6.30. The predicted octanol–water partition coefficient (Wildman–Crippen LogP) is 3.42. The molecule has 0 atom stereocenters. The molecule has 0 spiro atoms. The number of carbonyl (C=O) groups excluding carboxylic acids is 1. The quantitative estimate of drug-likeness (QED) is 0.678. The van der Waals surface area contributed by atoms with Gasteiger partial charge in [-0.25, -0.2) is 9.59 Å². The molecule has 2 amide bonds. The summed E-state index contributed by atoms with van der Waals surface area (Å²) in [5.74, 6) is -0.575. The number of H-pyrrole nitrogens is 1. The van der Waals surface area contributed by atoms with Crippen molar-refractivity contribution in [1.82, 2.24) is 4.98 Å². The number of hydrogen-bond acceptors (Lipinski definition) is 3. The lowest BCUT2D eigenvalue weighted by atomic mass is 10.3. The number of aromatic nitrogens is 1. The van der Waals surface area contributed by atoms with Crippen molar-refractivity contribution in [2.24, 2.45) is 0 Å². The highest BCUT2D eigenvalue weighted by Gasteiger charge is 2.10. The molecule has 3 rings (SSSR count). The molecular formula is C14H10ClN3O3. The summed E-state index contributed by atoms with van der Waals surface area (Å²) < 4.78 is 4.99. The first-order valence-electron chi connectivity index (χ1n) is 6.07. The van der Waals surface area contributed by atoms with Crippen LogP contribution in [0.25, 0.3) is 11.1 Å². The standard InChI is InChI=1S/C14H10ClN3O3/c15-8-3-1-4-9(7-8)16-13(19)17-10-5-2-6-11-12(10)21-14(20)18-11/h1-7H,(H,18,20)(H2,16,17,19). The Morgan fingerprint density at radius 1 is 1.14 bits per heavy atom. The van der Waals surface area contributed by atoms with Crippen molar-refractivity contribution in [1.29, 1.82) is 0 Å². The maximum Gasteiger partial charge on any atom is 0.417 e. The lowest BCUT2D eigenvalue weighted by Gasteiger charge is -2.07. The SMILES string of the molecule is O=C(Nc1cccc(Cl)c1)Nc1cccc2[nH]c(=O)oc12. The molecule has 6 nitrogen and oxygen atoms in total. The molecule has 0 fully saturated rings. The number of fused-ring (bicyclic) bond motifs is 1. The lowest BCUT2D eigenvalue weighted by molar-refractivity contribution is 0.262. The van der Waals surface area contributed by atoms with Crippen molar-refractivity contribution in [3.63, 3.8) is 0 Å². The van der Waals surface area contributed by atoms with Gasteiger partial charge in [-0.2, -0.15) is 0 Å². The minimum atomic E-state index is -0.575. The van der Waals surface area contributed by atoms with Crippen LogP contribution in [0.5, 0.6) is 0 Å². The Hall–Kier alpha value is -2.73. The number of benzene rings is 2. The van der Waals surface area contributed by atoms with Crippen LogP contribution in [-0.2, 0) is 0 Å². The van der Waals surface area contributed by atoms with Crippen LogP contribution in [0.2, 0.25) is 5.02 Å². The smallest absolute Gasteiger partial charge is 0.406 e. The number of urea groups is 1. The number of nitrogens with one attached hydrogen (secondary N) is 3. The summed E-state index contributed by atoms with van der Waals surface area (Å²) in [6.07, 6.45) is 0. The third-order valence-corrected chi connectivity index (χ3v) is 3.01. The fourth-order valence-corrected chi connectivity index (χ4v) is 2.11. The van der Waals surface area contributed by atoms with Gasteiger partial charge in [0.1, 0.15) is 0 Å². The van der Waals surface area contributed by atoms with Crippen LogP contribution in [-0.4, -0.2) is 11.0 Å². The number of hydrogen-bond donors (Lipinski definition) is 3. The van der Waals surface area contributed by atoms with E-state index < -0.39 is 11.8 Å². The topological polar surface area (TPSA) is 87.1 Å². The molecule has 2 aromatic carbocycles. The Bertz CT molecular complexity index is 869. The summed E-state index contributed by atoms with van der Waals surface area (Å²) >= 11 is 5.84. The van der Waals surface area contributed by atoms with E-state index in [1.807, 2.05) is 0 Å². The average Bonchev–Trinajstić information content (AvgIpc) is 2.80. The van der Waals surface area contributed by atoms with Crippen LogP contribution in [0.1, 0.15) is 0 Å². The molecular weight excluding hydrogens is 294 g/mol. The fraction of sp³-hybridized carbons (Fsp3) is 0. The molecule has 0 aliphatic heterocycles. The second-order valence-electron chi connectivity index (χ2n) is 4.29. The normalized spacial score (nSPS) is 10.5. The van der Waals surface area contributed by atoms with Crippen LogP contribution >= 0.6 is 11.6 Å². The lowest BCUT2D eigenvalue weighted by Crippen LogP contribution is -2.19. The first-order chi connectivity index (χ1) is 10.1. The monoisotopic (exact) mass is 303 g/mol. The third-order valence-electron chi connectivity index (χ3n) is 2.78. The van der Waals surface area contributed by atoms with Crippen molar-refractivity contribution < 1.29 is 9.21 Å². The number of anilines is 2. The van der Waals surface area contributed by atoms with Crippen LogP contribution in [0.3, 0.4) is 0 Å². The molecule has 0 saturated heterocycles. The van der Waals surface area contributed by atoms with Gasteiger partial charge in [0.15, 0.2) is 5.58 Å². The summed E-state index contributed by atoms with van der Waals surface area (Å²) in [5.41, 5.74) is 1.76. The summed E-state index contributed by atoms with van der Waals surface area (Å²) in [7, 11) is 0. The van der Waals surface area contributed by atoms with Gasteiger partial charge in [-0.05, 0) is 30.3 Å². The molecule has 0 saturated carbocycles. The second-order valence-corrected chi connectivity index (χ2v) is 4.72. The third kappa shape index (κ3) is 2.90. The number of rotatable bonds is 2. The van der Waals surface area contributed by atoms with Gasteiger partial charge in [0.25, 0.3) is 0 Å². The van der Waals surface area contributed by atoms with Crippen molar-refractivity contribution >= 4 is 40.1 Å². The van der Waals surface area contributed by atoms with Gasteiger partial charge in [-0.15, -0.1) is 0 Å². The van der Waals surface area contributed by atoms with Gasteiger partial charge < -0.3 is 15.1 Å². The van der Waals surface area contributed by atoms with Crippen molar-refractivity contribution in [2.75, 3.05) is 10.6 Å². The van der Waals surface area contributed by atoms with E-state index in [4.69, 9.17) is 16.0 Å². The summed E-state index contributed by atoms with van der Waals surface area (Å²) in [4.78, 5) is 25.7. The molecule has 3 N–H and O–H groups in total. The van der Waals surface area contributed by atoms with Gasteiger partial charge in [-0.1, -0.05) is 23.7 Å². The molecule has 21 heavy (non-hydrogen) atoms. The highest BCUT2D eigenvalue weighted by atomic mass is 35.5. The number of oxazole rings is 1. The van der Waals surface area contributed by atoms with Gasteiger partial charge in [0, 0.05) is 10.7 Å². The number of amides is 2. The van der Waals surface area contributed by atoms with E-state index >= 15 is 0 Å². The number of para-hydroxylation sites is 1. The van der Waals surface area contributed by atoms with Gasteiger partial charge in [0.2, 0.25) is 0 Å². The Morgan fingerprint density at radius 3 is 2.76 bits per heavy atom. The highest BCUT2D eigenvalue weighted by Crippen LogP contribution is 2.21. The Balaban J connectivity index is 1.82. The van der Waals surface area contributed by atoms with Crippen LogP contribution < -0.4 is 16.4 Å². The zero-order chi connectivity index (χ0) is 14.8. The molecule has 1 aromatic heterocycles. The Kier molecular flexibility index (Phi) is 3.37. The Labute approximate surface area is 123 Å². The van der Waals surface area contributed by atoms with Gasteiger partial charge in [0.05, 0.1) is 11.2 Å². The molecule has 3 aromatic rings. The van der Waals surface area contributed by atoms with Crippen molar-refractivity contribution in [2.45, 2.75) is 0 Å². The van der Waals surface area contributed by atoms with Crippen molar-refractivity contribution in [3.05, 3.63) is 58.0 Å². The van der Waals surface area contributed by atoms with E-state index in [9.17, 15) is 9.59 Å². The second kappa shape index (κ2) is 5.34. The zero-order valence-electron chi connectivity index (χ0n) is 10.6. The number of carbonyl (C=O) groups is 1. The minimum Gasteiger partial charge on any atom is -0.406 e. The van der Waals surface area contributed by atoms with Crippen molar-refractivity contribution in [3.8, 4) is 0 Å².